The molecule has 252 valence electrons. The van der Waals surface area contributed by atoms with Gasteiger partial charge < -0.3 is 4.43 Å². The van der Waals surface area contributed by atoms with Crippen molar-refractivity contribution in [1.29, 1.82) is 0 Å². The van der Waals surface area contributed by atoms with E-state index in [1.165, 1.54) is 10.4 Å². The molecule has 0 heterocycles. The van der Waals surface area contributed by atoms with Gasteiger partial charge in [0.15, 0.2) is 0 Å². The van der Waals surface area contributed by atoms with Gasteiger partial charge in [0.1, 0.15) is 5.78 Å². The molecule has 0 saturated heterocycles. The number of benzene rings is 3. The SMILES string of the molecule is CC(C)(C)[Si](OC[C]=[C][C@@H]1CCCC(=O)[C@H]1c1ccccc1)(c1ccccc1)c1ccccc1.[C-]#[O+].[C-]#[O+].[C-]#[O+].[C-]#[O+].[C-]#[O+].[C-]#[O+].[Co].[Co]. The molecule has 1 aliphatic rings. The summed E-state index contributed by atoms with van der Waals surface area (Å²) < 4.78 is 51.9. The molecule has 0 aliphatic heterocycles. The van der Waals surface area contributed by atoms with E-state index in [0.717, 1.165) is 18.4 Å². The largest absolute Gasteiger partial charge is 0 e. The molecule has 1 fully saturated rings. The molecule has 0 unspecified atom stereocenters. The van der Waals surface area contributed by atoms with Crippen molar-refractivity contribution in [2.45, 2.75) is 51.0 Å². The average molecular weight is 753 g/mol. The molecule has 0 spiro atoms. The van der Waals surface area contributed by atoms with Crippen LogP contribution in [0.2, 0.25) is 5.04 Å². The van der Waals surface area contributed by atoms with E-state index in [1.807, 2.05) is 18.2 Å². The van der Waals surface area contributed by atoms with Crippen molar-refractivity contribution < 1.29 is 70.7 Å². The fourth-order valence-corrected chi connectivity index (χ4v) is 9.80. The number of carbonyl (C=O) groups excluding carboxylic acids is 1. The summed E-state index contributed by atoms with van der Waals surface area (Å²) in [4.78, 5) is 12.8. The Morgan fingerprint density at radius 2 is 1.06 bits per heavy atom. The Labute approximate surface area is 306 Å². The summed E-state index contributed by atoms with van der Waals surface area (Å²) >= 11 is 0. The summed E-state index contributed by atoms with van der Waals surface area (Å²) in [5.74, 6) is 0.228. The first-order chi connectivity index (χ1) is 22.4. The molecule has 3 aromatic carbocycles. The van der Waals surface area contributed by atoms with E-state index >= 15 is 0 Å². The third-order valence-electron chi connectivity index (χ3n) is 6.91. The topological polar surface area (TPSA) is 146 Å². The van der Waals surface area contributed by atoms with Gasteiger partial charge in [-0.05, 0) is 51.9 Å². The first kappa shape index (κ1) is 54.2. The van der Waals surface area contributed by atoms with Crippen LogP contribution in [0, 0.1) is 58.0 Å². The van der Waals surface area contributed by atoms with Crippen LogP contribution in [0.3, 0.4) is 0 Å². The maximum Gasteiger partial charge on any atom is 0 e. The second-order valence-electron chi connectivity index (χ2n) is 10.1. The average Bonchev–Trinajstić information content (AvgIpc) is 3.14. The van der Waals surface area contributed by atoms with E-state index in [9.17, 15) is 4.79 Å². The molecular weight excluding hydrogens is 718 g/mol. The molecule has 0 amide bonds. The molecule has 0 aromatic heterocycles. The summed E-state index contributed by atoms with van der Waals surface area (Å²) in [6.07, 6.45) is 9.33. The molecule has 4 rings (SSSR count). The van der Waals surface area contributed by atoms with E-state index in [-0.39, 0.29) is 50.4 Å². The number of allylic oxidation sites excluding steroid dienone is 1. The van der Waals surface area contributed by atoms with Crippen molar-refractivity contribution in [3.05, 3.63) is 149 Å². The van der Waals surface area contributed by atoms with E-state index < -0.39 is 8.32 Å². The normalized spacial score (nSPS) is 14.0. The van der Waals surface area contributed by atoms with Crippen molar-refractivity contribution >= 4 is 24.5 Å². The van der Waals surface area contributed by atoms with Crippen molar-refractivity contribution in [2.75, 3.05) is 6.61 Å². The molecule has 0 bridgehead atoms. The Hall–Kier alpha value is -3.30. The molecule has 3 aromatic rings. The van der Waals surface area contributed by atoms with Crippen LogP contribution in [0.15, 0.2) is 91.0 Å². The van der Waals surface area contributed by atoms with Gasteiger partial charge in [-0.2, -0.15) is 0 Å². The molecule has 48 heavy (non-hydrogen) atoms. The van der Waals surface area contributed by atoms with Gasteiger partial charge in [0, 0.05) is 45.9 Å². The minimum Gasteiger partial charge on any atom is 0 e. The number of Topliss-reactive ketones (excluding diaryl/α,β-unsaturated/α-hetero) is 1. The van der Waals surface area contributed by atoms with Gasteiger partial charge in [-0.3, -0.25) is 4.79 Å². The van der Waals surface area contributed by atoms with E-state index in [1.54, 1.807) is 0 Å². The number of carbonyl (C=O) groups is 1. The number of hydrogen-bond acceptors (Lipinski definition) is 2. The first-order valence-corrected chi connectivity index (χ1v) is 15.4. The van der Waals surface area contributed by atoms with Crippen LogP contribution in [0.5, 0.6) is 0 Å². The van der Waals surface area contributed by atoms with Crippen molar-refractivity contribution in [3.63, 3.8) is 0 Å². The number of rotatable bonds is 7. The molecular formula is C37H34Co2O8Si. The second kappa shape index (κ2) is 33.6. The van der Waals surface area contributed by atoms with Gasteiger partial charge in [-0.15, -0.1) is 0 Å². The molecule has 1 aliphatic carbocycles. The molecule has 8 nitrogen and oxygen atoms in total. The maximum absolute atomic E-state index is 12.8. The third kappa shape index (κ3) is 16.2. The van der Waals surface area contributed by atoms with Crippen molar-refractivity contribution in [1.82, 2.24) is 0 Å². The predicted molar refractivity (Wildman–Crippen MR) is 165 cm³/mol. The fraction of sp³-hybridized carbons (Fsp3) is 0.270. The van der Waals surface area contributed by atoms with Crippen LogP contribution >= 0.6 is 0 Å². The zero-order valence-electron chi connectivity index (χ0n) is 26.6. The minimum atomic E-state index is -2.60. The zero-order valence-corrected chi connectivity index (χ0v) is 29.7. The molecule has 11 heteroatoms. The van der Waals surface area contributed by atoms with E-state index in [2.05, 4.69) is 146 Å². The summed E-state index contributed by atoms with van der Waals surface area (Å²) in [6, 6.07) is 31.4. The summed E-state index contributed by atoms with van der Waals surface area (Å²) in [5, 5.41) is 2.43. The Balaban J connectivity index is -0.000000398. The van der Waals surface area contributed by atoms with Gasteiger partial charge in [0.2, 0.25) is 0 Å². The Morgan fingerprint density at radius 3 is 1.44 bits per heavy atom. The minimum absolute atomic E-state index is 0. The summed E-state index contributed by atoms with van der Waals surface area (Å²) in [5.41, 5.74) is 1.08. The first-order valence-electron chi connectivity index (χ1n) is 13.5. The van der Waals surface area contributed by atoms with Crippen LogP contribution in [0.25, 0.3) is 0 Å². The summed E-state index contributed by atoms with van der Waals surface area (Å²) in [7, 11) is -2.60. The van der Waals surface area contributed by atoms with Gasteiger partial charge in [-0.1, -0.05) is 112 Å². The van der Waals surface area contributed by atoms with Crippen LogP contribution in [-0.4, -0.2) is 20.7 Å². The quantitative estimate of drug-likeness (QED) is 0.175. The Bertz CT molecular complexity index is 1290. The third-order valence-corrected chi connectivity index (χ3v) is 11.9. The number of hydrogen-bond donors (Lipinski definition) is 0. The fourth-order valence-electron chi connectivity index (χ4n) is 5.36. The van der Waals surface area contributed by atoms with Crippen LogP contribution < -0.4 is 10.4 Å². The van der Waals surface area contributed by atoms with Gasteiger partial charge in [0.25, 0.3) is 8.32 Å². The van der Waals surface area contributed by atoms with Crippen LogP contribution in [0.4, 0.5) is 0 Å². The van der Waals surface area contributed by atoms with E-state index in [0.29, 0.717) is 18.8 Å². The molecule has 1 saturated carbocycles. The maximum atomic E-state index is 12.8. The molecule has 4 radical (unpaired) electrons. The monoisotopic (exact) mass is 752 g/mol. The van der Waals surface area contributed by atoms with Gasteiger partial charge in [-0.25, -0.2) is 0 Å². The zero-order chi connectivity index (χ0) is 36.0. The van der Waals surface area contributed by atoms with Crippen LogP contribution in [0.1, 0.15) is 51.5 Å². The smallest absolute Gasteiger partial charge is 0 e. The molecule has 2 atom stereocenters. The van der Waals surface area contributed by atoms with Gasteiger partial charge in [0.05, 0.1) is 6.61 Å². The Morgan fingerprint density at radius 1 is 0.688 bits per heavy atom. The Kier molecular flexibility index (Phi) is 37.9. The second-order valence-corrected chi connectivity index (χ2v) is 14.4. The van der Waals surface area contributed by atoms with Crippen molar-refractivity contribution in [3.8, 4) is 0 Å². The standard InChI is InChI=1S/C31H34O2Si.6CO.2Co/c1-31(2,3)34(27-19-9-5-10-20-27,28-21-11-6-12-22-28)33-24-14-18-26-17-13-23-29(32)30(26)25-15-7-4-8-16-25;6*1-2;;/h4-12,15-16,19-22,26,30H,13,17,23-24H2,1-3H3;;;;;;;;/t26-,30-;;;;;;;;/m0......../s1. The van der Waals surface area contributed by atoms with Crippen LogP contribution in [-0.2, 0) is 70.7 Å². The predicted octanol–water partition coefficient (Wildman–Crippen LogP) is 5.65. The number of ketones is 1. The van der Waals surface area contributed by atoms with E-state index in [4.69, 9.17) is 32.3 Å². The molecule has 0 N–H and O–H groups in total. The van der Waals surface area contributed by atoms with Gasteiger partial charge >= 0.3 is 67.8 Å². The van der Waals surface area contributed by atoms with Crippen molar-refractivity contribution in [2.24, 2.45) is 5.92 Å². The summed E-state index contributed by atoms with van der Waals surface area (Å²) in [6.45, 7) is 34.2.